The summed E-state index contributed by atoms with van der Waals surface area (Å²) in [5.74, 6) is 0.906. The smallest absolute Gasteiger partial charge is 0.0346 e. The van der Waals surface area contributed by atoms with Crippen LogP contribution >= 0.6 is 11.3 Å². The van der Waals surface area contributed by atoms with E-state index in [1.807, 2.05) is 11.3 Å². The first-order valence-corrected chi connectivity index (χ1v) is 8.80. The summed E-state index contributed by atoms with van der Waals surface area (Å²) in [6.45, 7) is 4.91. The molecule has 1 N–H and O–H groups in total. The minimum atomic E-state index is 0.703. The van der Waals surface area contributed by atoms with E-state index in [1.54, 1.807) is 0 Å². The van der Waals surface area contributed by atoms with Crippen LogP contribution in [0, 0.1) is 5.92 Å². The molecule has 3 aliphatic heterocycles. The number of nitrogens with zero attached hydrogens (tertiary/aromatic N) is 1. The van der Waals surface area contributed by atoms with E-state index in [9.17, 15) is 0 Å². The lowest BCUT2D eigenvalue weighted by molar-refractivity contribution is 0.0721. The third-order valence-electron chi connectivity index (χ3n) is 4.91. The molecule has 5 rings (SSSR count). The van der Waals surface area contributed by atoms with Crippen LogP contribution in [0.4, 0.5) is 0 Å². The highest BCUT2D eigenvalue weighted by Gasteiger charge is 2.33. The third-order valence-corrected chi connectivity index (χ3v) is 6.05. The van der Waals surface area contributed by atoms with Gasteiger partial charge in [-0.25, -0.2) is 0 Å². The van der Waals surface area contributed by atoms with Gasteiger partial charge in [0.2, 0.25) is 0 Å². The van der Waals surface area contributed by atoms with Gasteiger partial charge >= 0.3 is 0 Å². The summed E-state index contributed by atoms with van der Waals surface area (Å²) in [6, 6.07) is 15.9. The number of rotatable bonds is 4. The molecule has 2 bridgehead atoms. The molecule has 0 amide bonds. The second-order valence-corrected chi connectivity index (χ2v) is 7.43. The summed E-state index contributed by atoms with van der Waals surface area (Å²) in [5.41, 5.74) is 1.33. The Bertz CT molecular complexity index is 584. The maximum absolute atomic E-state index is 3.80. The fourth-order valence-electron chi connectivity index (χ4n) is 3.66. The Balaban J connectivity index is 1.39. The van der Waals surface area contributed by atoms with Gasteiger partial charge in [0.25, 0.3) is 0 Å². The summed E-state index contributed by atoms with van der Waals surface area (Å²) < 4.78 is 0. The van der Waals surface area contributed by atoms with Gasteiger partial charge in [-0.05, 0) is 49.5 Å². The largest absolute Gasteiger partial charge is 0.308 e. The van der Waals surface area contributed by atoms with Gasteiger partial charge in [-0.1, -0.05) is 30.3 Å². The van der Waals surface area contributed by atoms with Gasteiger partial charge < -0.3 is 10.2 Å². The van der Waals surface area contributed by atoms with Crippen LogP contribution in [-0.2, 0) is 6.54 Å². The first-order chi connectivity index (χ1) is 10.4. The van der Waals surface area contributed by atoms with Crippen molar-refractivity contribution in [1.82, 2.24) is 10.2 Å². The second kappa shape index (κ2) is 5.91. The topological polar surface area (TPSA) is 15.3 Å². The number of thiophene rings is 1. The zero-order valence-corrected chi connectivity index (χ0v) is 13.1. The zero-order chi connectivity index (χ0) is 14.1. The van der Waals surface area contributed by atoms with Crippen molar-refractivity contribution >= 4 is 11.3 Å². The van der Waals surface area contributed by atoms with Crippen LogP contribution in [-0.4, -0.2) is 30.6 Å². The summed E-state index contributed by atoms with van der Waals surface area (Å²) in [7, 11) is 0. The quantitative estimate of drug-likeness (QED) is 0.928. The minimum absolute atomic E-state index is 0.703. The molecule has 3 aliphatic rings. The minimum Gasteiger partial charge on any atom is -0.308 e. The molecule has 3 saturated heterocycles. The lowest BCUT2D eigenvalue weighted by atomic mass is 9.84. The maximum Gasteiger partial charge on any atom is 0.0346 e. The van der Waals surface area contributed by atoms with E-state index >= 15 is 0 Å². The molecule has 1 atom stereocenters. The van der Waals surface area contributed by atoms with Crippen LogP contribution in [0.2, 0.25) is 0 Å². The standard InChI is InChI=1S/C18H22N2S/c1-2-4-15(5-3-1)18-7-6-16(21-18)12-19-17-13-20-10-8-14(17)9-11-20/h1-7,14,17,19H,8-13H2. The number of nitrogens with one attached hydrogen (secondary N) is 1. The molecule has 1 aromatic carbocycles. The highest BCUT2D eigenvalue weighted by Crippen LogP contribution is 2.30. The summed E-state index contributed by atoms with van der Waals surface area (Å²) in [4.78, 5) is 5.44. The Morgan fingerprint density at radius 1 is 1.05 bits per heavy atom. The fourth-order valence-corrected chi connectivity index (χ4v) is 4.62. The van der Waals surface area contributed by atoms with Crippen molar-refractivity contribution in [2.45, 2.75) is 25.4 Å². The lowest BCUT2D eigenvalue weighted by Gasteiger charge is -2.45. The molecule has 1 unspecified atom stereocenters. The van der Waals surface area contributed by atoms with Gasteiger partial charge in [0.05, 0.1) is 0 Å². The van der Waals surface area contributed by atoms with Gasteiger partial charge in [0.15, 0.2) is 0 Å². The first-order valence-electron chi connectivity index (χ1n) is 7.98. The SMILES string of the molecule is c1ccc(-c2ccc(CNC3CN4CCC3CC4)s2)cc1. The first kappa shape index (κ1) is 13.5. The van der Waals surface area contributed by atoms with Crippen LogP contribution in [0.3, 0.4) is 0 Å². The highest BCUT2D eigenvalue weighted by molar-refractivity contribution is 7.15. The number of piperidine rings is 3. The molecule has 0 radical (unpaired) electrons. The van der Waals surface area contributed by atoms with Crippen LogP contribution < -0.4 is 5.32 Å². The number of fused-ring (bicyclic) bond motifs is 3. The molecule has 3 heteroatoms. The van der Waals surface area contributed by atoms with E-state index in [0.29, 0.717) is 6.04 Å². The van der Waals surface area contributed by atoms with Crippen LogP contribution in [0.15, 0.2) is 42.5 Å². The van der Waals surface area contributed by atoms with E-state index in [2.05, 4.69) is 52.7 Å². The molecule has 21 heavy (non-hydrogen) atoms. The van der Waals surface area contributed by atoms with E-state index in [0.717, 1.165) is 12.5 Å². The molecule has 1 aromatic heterocycles. The summed E-state index contributed by atoms with van der Waals surface area (Å²) in [6.07, 6.45) is 2.77. The predicted octanol–water partition coefficient (Wildman–Crippen LogP) is 3.60. The van der Waals surface area contributed by atoms with Gasteiger partial charge in [-0.15, -0.1) is 11.3 Å². The van der Waals surface area contributed by atoms with Crippen molar-refractivity contribution in [3.63, 3.8) is 0 Å². The second-order valence-electron chi connectivity index (χ2n) is 6.26. The molecule has 2 aromatic rings. The monoisotopic (exact) mass is 298 g/mol. The number of hydrogen-bond acceptors (Lipinski definition) is 3. The molecule has 2 nitrogen and oxygen atoms in total. The molecule has 0 aliphatic carbocycles. The van der Waals surface area contributed by atoms with Crippen molar-refractivity contribution in [2.24, 2.45) is 5.92 Å². The van der Waals surface area contributed by atoms with Crippen LogP contribution in [0.25, 0.3) is 10.4 Å². The van der Waals surface area contributed by atoms with Crippen molar-refractivity contribution < 1.29 is 0 Å². The molecule has 0 saturated carbocycles. The molecule has 3 fully saturated rings. The van der Waals surface area contributed by atoms with Crippen molar-refractivity contribution in [3.05, 3.63) is 47.3 Å². The maximum atomic E-state index is 3.80. The van der Waals surface area contributed by atoms with Crippen molar-refractivity contribution in [3.8, 4) is 10.4 Å². The summed E-state index contributed by atoms with van der Waals surface area (Å²) in [5, 5.41) is 3.80. The molecular weight excluding hydrogens is 276 g/mol. The Labute approximate surface area is 130 Å². The highest BCUT2D eigenvalue weighted by atomic mass is 32.1. The predicted molar refractivity (Wildman–Crippen MR) is 89.5 cm³/mol. The summed E-state index contributed by atoms with van der Waals surface area (Å²) >= 11 is 1.92. The lowest BCUT2D eigenvalue weighted by Crippen LogP contribution is -2.55. The van der Waals surface area contributed by atoms with Gasteiger partial charge in [-0.3, -0.25) is 0 Å². The zero-order valence-electron chi connectivity index (χ0n) is 12.3. The van der Waals surface area contributed by atoms with Crippen molar-refractivity contribution in [2.75, 3.05) is 19.6 Å². The Kier molecular flexibility index (Phi) is 3.80. The molecule has 0 spiro atoms. The van der Waals surface area contributed by atoms with E-state index in [4.69, 9.17) is 0 Å². The van der Waals surface area contributed by atoms with Crippen molar-refractivity contribution in [1.29, 1.82) is 0 Å². The van der Waals surface area contributed by atoms with E-state index < -0.39 is 0 Å². The normalized spacial score (nSPS) is 27.9. The Hall–Kier alpha value is -1.16. The van der Waals surface area contributed by atoms with E-state index in [1.165, 1.54) is 47.8 Å². The van der Waals surface area contributed by atoms with Crippen LogP contribution in [0.5, 0.6) is 0 Å². The Morgan fingerprint density at radius 3 is 2.57 bits per heavy atom. The van der Waals surface area contributed by atoms with E-state index in [-0.39, 0.29) is 0 Å². The molecular formula is C18H22N2S. The molecule has 110 valence electrons. The van der Waals surface area contributed by atoms with Crippen LogP contribution in [0.1, 0.15) is 17.7 Å². The van der Waals surface area contributed by atoms with Gasteiger partial charge in [-0.2, -0.15) is 0 Å². The number of benzene rings is 1. The third kappa shape index (κ3) is 2.91. The Morgan fingerprint density at radius 2 is 1.86 bits per heavy atom. The van der Waals surface area contributed by atoms with Gasteiger partial charge in [0.1, 0.15) is 0 Å². The van der Waals surface area contributed by atoms with Gasteiger partial charge in [0, 0.05) is 28.9 Å². The fraction of sp³-hybridized carbons (Fsp3) is 0.444. The average Bonchev–Trinajstić information content (AvgIpc) is 3.04. The number of hydrogen-bond donors (Lipinski definition) is 1. The molecule has 4 heterocycles. The average molecular weight is 298 g/mol.